The summed E-state index contributed by atoms with van der Waals surface area (Å²) in [5, 5.41) is 14.5. The number of carbonyl (C=O) groups is 1. The van der Waals surface area contributed by atoms with Crippen LogP contribution in [-0.4, -0.2) is 42.0 Å². The van der Waals surface area contributed by atoms with Crippen LogP contribution in [0.25, 0.3) is 0 Å². The molecule has 27 heavy (non-hydrogen) atoms. The van der Waals surface area contributed by atoms with Crippen molar-refractivity contribution in [2.75, 3.05) is 29.9 Å². The zero-order valence-electron chi connectivity index (χ0n) is 15.4. The molecule has 3 heterocycles. The second kappa shape index (κ2) is 5.57. The van der Waals surface area contributed by atoms with E-state index >= 15 is 0 Å². The summed E-state index contributed by atoms with van der Waals surface area (Å²) >= 11 is 0. The monoisotopic (exact) mass is 363 g/mol. The number of nitrogens with zero attached hydrogens (tertiary/aromatic N) is 2. The van der Waals surface area contributed by atoms with E-state index < -0.39 is 5.60 Å². The standard InChI is InChI=1S/C21H21N3O3/c1-12-9-15-17(10-13(12)2)23-20-21(26,19(15)25)5-7-24(20)14-3-4-16-18(11-14)27-8-6-22-16/h3-4,9-11,22,26H,5-8H2,1-2H3. The average Bonchev–Trinajstić information content (AvgIpc) is 3.01. The van der Waals surface area contributed by atoms with Gasteiger partial charge in [0.1, 0.15) is 18.2 Å². The number of anilines is 2. The number of aliphatic hydroxyl groups is 1. The summed E-state index contributed by atoms with van der Waals surface area (Å²) in [4.78, 5) is 19.7. The minimum absolute atomic E-state index is 0.260. The van der Waals surface area contributed by atoms with Crippen molar-refractivity contribution in [3.8, 4) is 5.75 Å². The van der Waals surface area contributed by atoms with E-state index in [2.05, 4.69) is 5.32 Å². The predicted molar refractivity (Wildman–Crippen MR) is 105 cm³/mol. The molecule has 2 aromatic rings. The summed E-state index contributed by atoms with van der Waals surface area (Å²) in [6.07, 6.45) is 0.327. The van der Waals surface area contributed by atoms with Gasteiger partial charge in [0, 0.05) is 36.8 Å². The van der Waals surface area contributed by atoms with Crippen molar-refractivity contribution in [1.82, 2.24) is 0 Å². The molecule has 2 aromatic carbocycles. The summed E-state index contributed by atoms with van der Waals surface area (Å²) in [6.45, 7) is 5.90. The van der Waals surface area contributed by atoms with Crippen LogP contribution in [0.5, 0.6) is 5.75 Å². The Morgan fingerprint density at radius 1 is 1.22 bits per heavy atom. The first-order valence-corrected chi connectivity index (χ1v) is 9.23. The van der Waals surface area contributed by atoms with Gasteiger partial charge in [0.25, 0.3) is 0 Å². The third-order valence-electron chi connectivity index (χ3n) is 5.73. The summed E-state index contributed by atoms with van der Waals surface area (Å²) < 4.78 is 5.73. The SMILES string of the molecule is Cc1cc2c(cc1C)C(=O)C1(O)CCN(c3ccc4c(c3)OCCN4)C1=N2. The molecule has 0 bridgehead atoms. The Morgan fingerprint density at radius 3 is 2.89 bits per heavy atom. The molecule has 1 fully saturated rings. The highest BCUT2D eigenvalue weighted by Gasteiger charge is 2.52. The number of carbonyl (C=O) groups excluding carboxylic acids is 1. The van der Waals surface area contributed by atoms with Crippen LogP contribution in [0.2, 0.25) is 0 Å². The van der Waals surface area contributed by atoms with Gasteiger partial charge < -0.3 is 20.1 Å². The lowest BCUT2D eigenvalue weighted by Gasteiger charge is -2.30. The Bertz CT molecular complexity index is 1010. The number of aliphatic imine (C=N–C) groups is 1. The van der Waals surface area contributed by atoms with Crippen molar-refractivity contribution in [2.45, 2.75) is 25.9 Å². The fourth-order valence-electron chi connectivity index (χ4n) is 4.04. The largest absolute Gasteiger partial charge is 0.490 e. The topological polar surface area (TPSA) is 74.2 Å². The van der Waals surface area contributed by atoms with Gasteiger partial charge in [0.05, 0.1) is 11.4 Å². The second-order valence-electron chi connectivity index (χ2n) is 7.44. The van der Waals surface area contributed by atoms with E-state index in [1.54, 1.807) is 0 Å². The van der Waals surface area contributed by atoms with E-state index in [0.29, 0.717) is 36.7 Å². The summed E-state index contributed by atoms with van der Waals surface area (Å²) in [5.74, 6) is 0.930. The highest BCUT2D eigenvalue weighted by atomic mass is 16.5. The molecule has 0 spiro atoms. The molecule has 0 aromatic heterocycles. The Balaban J connectivity index is 1.62. The molecule has 1 unspecified atom stereocenters. The van der Waals surface area contributed by atoms with Crippen LogP contribution in [0, 0.1) is 13.8 Å². The number of amidine groups is 1. The fourth-order valence-corrected chi connectivity index (χ4v) is 4.04. The molecule has 0 saturated carbocycles. The van der Waals surface area contributed by atoms with E-state index in [1.165, 1.54) is 0 Å². The number of Topliss-reactive ketones (excluding diaryl/α,β-unsaturated/α-hetero) is 1. The maximum atomic E-state index is 13.1. The first-order chi connectivity index (χ1) is 13.0. The maximum Gasteiger partial charge on any atom is 0.204 e. The van der Waals surface area contributed by atoms with Crippen molar-refractivity contribution < 1.29 is 14.6 Å². The quantitative estimate of drug-likeness (QED) is 0.815. The van der Waals surface area contributed by atoms with Crippen molar-refractivity contribution in [3.63, 3.8) is 0 Å². The molecule has 1 saturated heterocycles. The van der Waals surface area contributed by atoms with Gasteiger partial charge >= 0.3 is 0 Å². The average molecular weight is 363 g/mol. The third-order valence-corrected chi connectivity index (χ3v) is 5.73. The van der Waals surface area contributed by atoms with E-state index in [0.717, 1.165) is 34.8 Å². The molecule has 6 nitrogen and oxygen atoms in total. The van der Waals surface area contributed by atoms with Gasteiger partial charge in [0.2, 0.25) is 5.78 Å². The number of aryl methyl sites for hydroxylation is 2. The van der Waals surface area contributed by atoms with E-state index in [-0.39, 0.29) is 5.78 Å². The Kier molecular flexibility index (Phi) is 3.37. The zero-order valence-corrected chi connectivity index (χ0v) is 15.4. The summed E-state index contributed by atoms with van der Waals surface area (Å²) in [6, 6.07) is 9.64. The Labute approximate surface area is 157 Å². The molecule has 138 valence electrons. The smallest absolute Gasteiger partial charge is 0.204 e. The lowest BCUT2D eigenvalue weighted by Crippen LogP contribution is -2.48. The molecule has 5 rings (SSSR count). The third kappa shape index (κ3) is 2.29. The van der Waals surface area contributed by atoms with Gasteiger partial charge in [-0.15, -0.1) is 0 Å². The molecular formula is C21H21N3O3. The van der Waals surface area contributed by atoms with Crippen LogP contribution in [0.15, 0.2) is 35.3 Å². The first kappa shape index (κ1) is 16.3. The number of nitrogens with one attached hydrogen (secondary N) is 1. The van der Waals surface area contributed by atoms with E-state index in [1.807, 2.05) is 49.1 Å². The van der Waals surface area contributed by atoms with Gasteiger partial charge in [-0.05, 0) is 49.2 Å². The van der Waals surface area contributed by atoms with Crippen LogP contribution < -0.4 is 15.0 Å². The molecule has 3 aliphatic heterocycles. The second-order valence-corrected chi connectivity index (χ2v) is 7.44. The van der Waals surface area contributed by atoms with Gasteiger partial charge in [0.15, 0.2) is 5.60 Å². The minimum Gasteiger partial charge on any atom is -0.490 e. The molecule has 3 aliphatic rings. The molecular weight excluding hydrogens is 342 g/mol. The summed E-state index contributed by atoms with van der Waals surface area (Å²) in [7, 11) is 0. The van der Waals surface area contributed by atoms with Gasteiger partial charge in [-0.2, -0.15) is 0 Å². The molecule has 0 aliphatic carbocycles. The van der Waals surface area contributed by atoms with E-state index in [9.17, 15) is 9.90 Å². The lowest BCUT2D eigenvalue weighted by atomic mass is 9.86. The number of hydrogen-bond acceptors (Lipinski definition) is 6. The molecule has 1 atom stereocenters. The zero-order chi connectivity index (χ0) is 18.8. The minimum atomic E-state index is -1.57. The lowest BCUT2D eigenvalue weighted by molar-refractivity contribution is 0.0602. The number of ether oxygens (including phenoxy) is 1. The van der Waals surface area contributed by atoms with Gasteiger partial charge in [-0.1, -0.05) is 0 Å². The van der Waals surface area contributed by atoms with Crippen molar-refractivity contribution in [1.29, 1.82) is 0 Å². The number of fused-ring (bicyclic) bond motifs is 3. The number of benzene rings is 2. The Hall–Kier alpha value is -2.86. The van der Waals surface area contributed by atoms with Crippen LogP contribution in [0.3, 0.4) is 0 Å². The highest BCUT2D eigenvalue weighted by Crippen LogP contribution is 2.41. The van der Waals surface area contributed by atoms with Crippen LogP contribution in [0.4, 0.5) is 17.1 Å². The Morgan fingerprint density at radius 2 is 2.04 bits per heavy atom. The van der Waals surface area contributed by atoms with Crippen LogP contribution >= 0.6 is 0 Å². The molecule has 2 N–H and O–H groups in total. The number of hydrogen-bond donors (Lipinski definition) is 2. The van der Waals surface area contributed by atoms with Crippen molar-refractivity contribution in [3.05, 3.63) is 47.0 Å². The normalized spacial score (nSPS) is 23.0. The van der Waals surface area contributed by atoms with E-state index in [4.69, 9.17) is 9.73 Å². The highest BCUT2D eigenvalue weighted by molar-refractivity contribution is 6.28. The predicted octanol–water partition coefficient (Wildman–Crippen LogP) is 2.98. The van der Waals surface area contributed by atoms with Crippen molar-refractivity contribution >= 4 is 28.7 Å². The number of rotatable bonds is 1. The number of ketones is 1. The first-order valence-electron chi connectivity index (χ1n) is 9.23. The molecule has 0 radical (unpaired) electrons. The van der Waals surface area contributed by atoms with Crippen molar-refractivity contribution in [2.24, 2.45) is 4.99 Å². The fraction of sp³-hybridized carbons (Fsp3) is 0.333. The van der Waals surface area contributed by atoms with Gasteiger partial charge in [-0.3, -0.25) is 4.79 Å². The molecule has 0 amide bonds. The summed E-state index contributed by atoms with van der Waals surface area (Å²) in [5.41, 5.74) is 3.50. The maximum absolute atomic E-state index is 13.1. The van der Waals surface area contributed by atoms with Gasteiger partial charge in [-0.25, -0.2) is 4.99 Å². The molecule has 6 heteroatoms. The van der Waals surface area contributed by atoms with Crippen LogP contribution in [-0.2, 0) is 0 Å². The van der Waals surface area contributed by atoms with Crippen LogP contribution in [0.1, 0.15) is 27.9 Å².